The molecule has 400 valence electrons. The standard InChI is InChI=1S/C62H117NO5/c1-3-5-7-9-11-13-15-17-19-21-24-28-32-36-40-44-48-52-56-62(67)68-57-53-49-45-41-37-33-29-25-22-23-27-31-35-39-43-47-51-55-61(66)63-59(58-64)60(65)54-50-46-42-38-34-30-26-20-18-16-14-12-10-8-6-4-2/h19,21-22,25,33,37,59-60,64-65H,3-18,20,23-24,26-32,34-36,38-58H2,1-2H3,(H,63,66)/b21-19-,25-22-,37-33-. The third-order valence-corrected chi connectivity index (χ3v) is 13.9. The highest BCUT2D eigenvalue weighted by Gasteiger charge is 2.20. The van der Waals surface area contributed by atoms with Crippen LogP contribution in [0.15, 0.2) is 36.5 Å². The summed E-state index contributed by atoms with van der Waals surface area (Å²) in [5, 5.41) is 23.3. The molecule has 3 N–H and O–H groups in total. The summed E-state index contributed by atoms with van der Waals surface area (Å²) in [7, 11) is 0. The number of nitrogens with one attached hydrogen (secondary N) is 1. The van der Waals surface area contributed by atoms with Crippen LogP contribution in [0, 0.1) is 0 Å². The molecular weight excluding hydrogens is 839 g/mol. The van der Waals surface area contributed by atoms with Gasteiger partial charge in [-0.25, -0.2) is 0 Å². The van der Waals surface area contributed by atoms with Gasteiger partial charge in [-0.1, -0.05) is 256 Å². The van der Waals surface area contributed by atoms with Crippen LogP contribution in [0.25, 0.3) is 0 Å². The van der Waals surface area contributed by atoms with Gasteiger partial charge in [0.05, 0.1) is 25.4 Å². The van der Waals surface area contributed by atoms with Crippen LogP contribution >= 0.6 is 0 Å². The molecule has 6 heteroatoms. The van der Waals surface area contributed by atoms with Crippen molar-refractivity contribution < 1.29 is 24.5 Å². The molecule has 0 aliphatic heterocycles. The van der Waals surface area contributed by atoms with Crippen molar-refractivity contribution in [3.8, 4) is 0 Å². The highest BCUT2D eigenvalue weighted by Crippen LogP contribution is 2.17. The van der Waals surface area contributed by atoms with Gasteiger partial charge in [0.15, 0.2) is 0 Å². The van der Waals surface area contributed by atoms with Crippen molar-refractivity contribution in [3.63, 3.8) is 0 Å². The van der Waals surface area contributed by atoms with Crippen LogP contribution in [0.4, 0.5) is 0 Å². The Bertz CT molecular complexity index is 1100. The lowest BCUT2D eigenvalue weighted by atomic mass is 10.0. The predicted octanol–water partition coefficient (Wildman–Crippen LogP) is 18.8. The van der Waals surface area contributed by atoms with E-state index in [1.54, 1.807) is 0 Å². The quantitative estimate of drug-likeness (QED) is 0.0321. The van der Waals surface area contributed by atoms with Gasteiger partial charge in [-0.3, -0.25) is 9.59 Å². The monoisotopic (exact) mass is 956 g/mol. The molecule has 0 spiro atoms. The molecular formula is C62H117NO5. The van der Waals surface area contributed by atoms with Gasteiger partial charge in [0.25, 0.3) is 0 Å². The van der Waals surface area contributed by atoms with E-state index in [9.17, 15) is 19.8 Å². The zero-order valence-electron chi connectivity index (χ0n) is 45.6. The Balaban J connectivity index is 3.49. The van der Waals surface area contributed by atoms with Crippen LogP contribution in [0.5, 0.6) is 0 Å². The number of amides is 1. The molecule has 0 saturated carbocycles. The maximum absolute atomic E-state index is 12.5. The summed E-state index contributed by atoms with van der Waals surface area (Å²) in [5.41, 5.74) is 0. The smallest absolute Gasteiger partial charge is 0.305 e. The molecule has 6 nitrogen and oxygen atoms in total. The van der Waals surface area contributed by atoms with E-state index in [0.717, 1.165) is 83.5 Å². The number of rotatable bonds is 56. The Kier molecular flexibility index (Phi) is 56.0. The molecule has 0 aromatic carbocycles. The first-order chi connectivity index (χ1) is 33.5. The van der Waals surface area contributed by atoms with Crippen molar-refractivity contribution in [1.82, 2.24) is 5.32 Å². The number of unbranched alkanes of at least 4 members (excludes halogenated alkanes) is 39. The van der Waals surface area contributed by atoms with Gasteiger partial charge in [-0.15, -0.1) is 0 Å². The van der Waals surface area contributed by atoms with Gasteiger partial charge in [0, 0.05) is 12.8 Å². The number of hydrogen-bond acceptors (Lipinski definition) is 5. The molecule has 0 aliphatic carbocycles. The number of esters is 1. The van der Waals surface area contributed by atoms with Crippen molar-refractivity contribution >= 4 is 11.9 Å². The lowest BCUT2D eigenvalue weighted by molar-refractivity contribution is -0.143. The molecule has 1 amide bonds. The molecule has 0 saturated heterocycles. The molecule has 2 unspecified atom stereocenters. The van der Waals surface area contributed by atoms with E-state index in [4.69, 9.17) is 4.74 Å². The summed E-state index contributed by atoms with van der Waals surface area (Å²) in [6, 6.07) is -0.554. The first-order valence-electron chi connectivity index (χ1n) is 30.2. The number of aliphatic hydroxyl groups excluding tert-OH is 2. The first kappa shape index (κ1) is 66.1. The summed E-state index contributed by atoms with van der Waals surface area (Å²) < 4.78 is 5.46. The molecule has 0 bridgehead atoms. The lowest BCUT2D eigenvalue weighted by Gasteiger charge is -2.22. The molecule has 0 rings (SSSR count). The Morgan fingerprint density at radius 3 is 1.13 bits per heavy atom. The first-order valence-corrected chi connectivity index (χ1v) is 30.2. The van der Waals surface area contributed by atoms with Crippen molar-refractivity contribution in [1.29, 1.82) is 0 Å². The number of aliphatic hydroxyl groups is 2. The van der Waals surface area contributed by atoms with Crippen LogP contribution in [0.2, 0.25) is 0 Å². The normalized spacial score (nSPS) is 12.8. The van der Waals surface area contributed by atoms with E-state index in [2.05, 4.69) is 55.6 Å². The second-order valence-corrected chi connectivity index (χ2v) is 20.7. The van der Waals surface area contributed by atoms with Gasteiger partial charge in [0.2, 0.25) is 5.91 Å². The minimum Gasteiger partial charge on any atom is -0.466 e. The van der Waals surface area contributed by atoms with Gasteiger partial charge < -0.3 is 20.3 Å². The summed E-state index contributed by atoms with van der Waals surface area (Å²) in [6.07, 6.45) is 71.4. The third kappa shape index (κ3) is 53.4. The highest BCUT2D eigenvalue weighted by molar-refractivity contribution is 5.76. The average molecular weight is 957 g/mol. The zero-order chi connectivity index (χ0) is 49.3. The summed E-state index contributed by atoms with van der Waals surface area (Å²) in [5.74, 6) is -0.0681. The molecule has 0 radical (unpaired) electrons. The number of carbonyl (C=O) groups is 2. The average Bonchev–Trinajstić information content (AvgIpc) is 3.34. The van der Waals surface area contributed by atoms with E-state index in [1.165, 1.54) is 205 Å². The van der Waals surface area contributed by atoms with E-state index in [1.807, 2.05) is 0 Å². The second-order valence-electron chi connectivity index (χ2n) is 20.7. The molecule has 0 aromatic rings. The number of ether oxygens (including phenoxy) is 1. The topological polar surface area (TPSA) is 95.9 Å². The van der Waals surface area contributed by atoms with Crippen LogP contribution in [-0.2, 0) is 14.3 Å². The number of carbonyl (C=O) groups excluding carboxylic acids is 2. The van der Waals surface area contributed by atoms with E-state index < -0.39 is 12.1 Å². The molecule has 0 fully saturated rings. The predicted molar refractivity (Wildman–Crippen MR) is 296 cm³/mol. The maximum Gasteiger partial charge on any atom is 0.305 e. The van der Waals surface area contributed by atoms with Crippen molar-refractivity contribution in [2.75, 3.05) is 13.2 Å². The Morgan fingerprint density at radius 1 is 0.412 bits per heavy atom. The fourth-order valence-corrected chi connectivity index (χ4v) is 9.25. The van der Waals surface area contributed by atoms with E-state index >= 15 is 0 Å². The Morgan fingerprint density at radius 2 is 0.735 bits per heavy atom. The summed E-state index contributed by atoms with van der Waals surface area (Å²) in [6.45, 7) is 4.92. The molecule has 0 heterocycles. The largest absolute Gasteiger partial charge is 0.466 e. The van der Waals surface area contributed by atoms with Crippen LogP contribution < -0.4 is 5.32 Å². The fraction of sp³-hybridized carbons (Fsp3) is 0.871. The van der Waals surface area contributed by atoms with Gasteiger partial charge in [-0.2, -0.15) is 0 Å². The summed E-state index contributed by atoms with van der Waals surface area (Å²) in [4.78, 5) is 24.6. The number of hydrogen-bond donors (Lipinski definition) is 3. The van der Waals surface area contributed by atoms with Crippen molar-refractivity contribution in [3.05, 3.63) is 36.5 Å². The third-order valence-electron chi connectivity index (χ3n) is 13.9. The SMILES string of the molecule is CCCCCCCCC/C=C\CCCCCCCCCC(=O)OCCCCC/C=C\C/C=C\CCCCCCCCCC(=O)NC(CO)C(O)CCCCCCCCCCCCCCCCCC. The molecule has 2 atom stereocenters. The molecule has 0 aliphatic rings. The zero-order valence-corrected chi connectivity index (χ0v) is 45.6. The Hall–Kier alpha value is -1.92. The second kappa shape index (κ2) is 57.7. The maximum atomic E-state index is 12.5. The van der Waals surface area contributed by atoms with Crippen molar-refractivity contribution in [2.24, 2.45) is 0 Å². The Labute approximate surface area is 424 Å². The number of allylic oxidation sites excluding steroid dienone is 6. The minimum atomic E-state index is -0.675. The molecule has 68 heavy (non-hydrogen) atoms. The van der Waals surface area contributed by atoms with Crippen LogP contribution in [0.3, 0.4) is 0 Å². The highest BCUT2D eigenvalue weighted by atomic mass is 16.5. The van der Waals surface area contributed by atoms with Gasteiger partial charge >= 0.3 is 5.97 Å². The molecule has 0 aromatic heterocycles. The van der Waals surface area contributed by atoms with E-state index in [-0.39, 0.29) is 18.5 Å². The van der Waals surface area contributed by atoms with Gasteiger partial charge in [0.1, 0.15) is 0 Å². The summed E-state index contributed by atoms with van der Waals surface area (Å²) >= 11 is 0. The fourth-order valence-electron chi connectivity index (χ4n) is 9.25. The van der Waals surface area contributed by atoms with Crippen molar-refractivity contribution in [2.45, 2.75) is 334 Å². The van der Waals surface area contributed by atoms with E-state index in [0.29, 0.717) is 25.9 Å². The van der Waals surface area contributed by atoms with Crippen LogP contribution in [0.1, 0.15) is 322 Å². The van der Waals surface area contributed by atoms with Crippen LogP contribution in [-0.4, -0.2) is 47.4 Å². The lowest BCUT2D eigenvalue weighted by Crippen LogP contribution is -2.45. The van der Waals surface area contributed by atoms with Gasteiger partial charge in [-0.05, 0) is 89.9 Å². The minimum absolute atomic E-state index is 0.0182.